The van der Waals surface area contributed by atoms with E-state index in [-0.39, 0.29) is 4.90 Å². The first-order valence-corrected chi connectivity index (χ1v) is 8.39. The highest BCUT2D eigenvalue weighted by Crippen LogP contribution is 2.32. The molecule has 0 heterocycles. The van der Waals surface area contributed by atoms with E-state index in [2.05, 4.69) is 6.58 Å². The number of aryl methyl sites for hydroxylation is 1. The van der Waals surface area contributed by atoms with Gasteiger partial charge in [0.15, 0.2) is 0 Å². The number of ether oxygens (including phenoxy) is 1. The fraction of sp³-hybridized carbons (Fsp3) is 0.429. The molecule has 1 aromatic rings. The molecule has 0 unspecified atom stereocenters. The number of allylic oxidation sites excluding steroid dienone is 1. The standard InChI is InChI=1S/C14H19ClO3S/c1-5-6-7-8-18-14-10(2)9-13(19(15,16)17)11(3)12(14)4/h5,9H,1,6-8H2,2-4H3. The summed E-state index contributed by atoms with van der Waals surface area (Å²) in [4.78, 5) is 0.155. The maximum atomic E-state index is 11.5. The van der Waals surface area contributed by atoms with Gasteiger partial charge in [-0.2, -0.15) is 0 Å². The van der Waals surface area contributed by atoms with Gasteiger partial charge < -0.3 is 4.74 Å². The summed E-state index contributed by atoms with van der Waals surface area (Å²) in [5, 5.41) is 0. The number of hydrogen-bond donors (Lipinski definition) is 0. The van der Waals surface area contributed by atoms with Crippen LogP contribution in [0, 0.1) is 20.8 Å². The van der Waals surface area contributed by atoms with Crippen LogP contribution < -0.4 is 4.74 Å². The summed E-state index contributed by atoms with van der Waals surface area (Å²) in [5.41, 5.74) is 2.23. The zero-order chi connectivity index (χ0) is 14.6. The summed E-state index contributed by atoms with van der Waals surface area (Å²) >= 11 is 0. The molecule has 106 valence electrons. The second kappa shape index (κ2) is 6.44. The molecule has 0 aliphatic carbocycles. The van der Waals surface area contributed by atoms with Gasteiger partial charge in [0.1, 0.15) is 5.75 Å². The molecule has 0 aliphatic heterocycles. The van der Waals surface area contributed by atoms with Gasteiger partial charge in [-0.15, -0.1) is 6.58 Å². The van der Waals surface area contributed by atoms with Crippen LogP contribution in [0.5, 0.6) is 5.75 Å². The van der Waals surface area contributed by atoms with Crippen molar-refractivity contribution in [2.45, 2.75) is 38.5 Å². The third-order valence-corrected chi connectivity index (χ3v) is 4.49. The molecule has 0 bridgehead atoms. The topological polar surface area (TPSA) is 43.4 Å². The van der Waals surface area contributed by atoms with E-state index in [0.29, 0.717) is 12.2 Å². The van der Waals surface area contributed by atoms with Crippen molar-refractivity contribution in [2.24, 2.45) is 0 Å². The van der Waals surface area contributed by atoms with E-state index in [1.807, 2.05) is 19.9 Å². The minimum atomic E-state index is -3.72. The van der Waals surface area contributed by atoms with Crippen LogP contribution in [0.4, 0.5) is 0 Å². The fourth-order valence-electron chi connectivity index (χ4n) is 1.90. The molecule has 0 radical (unpaired) electrons. The largest absolute Gasteiger partial charge is 0.493 e. The minimum Gasteiger partial charge on any atom is -0.493 e. The maximum Gasteiger partial charge on any atom is 0.261 e. The molecule has 0 atom stereocenters. The molecule has 5 heteroatoms. The predicted molar refractivity (Wildman–Crippen MR) is 78.6 cm³/mol. The maximum absolute atomic E-state index is 11.5. The van der Waals surface area contributed by atoms with Gasteiger partial charge in [0, 0.05) is 10.7 Å². The van der Waals surface area contributed by atoms with Crippen LogP contribution >= 0.6 is 10.7 Å². The SMILES string of the molecule is C=CCCCOc1c(C)cc(S(=O)(=O)Cl)c(C)c1C. The third kappa shape index (κ3) is 3.98. The van der Waals surface area contributed by atoms with Crippen molar-refractivity contribution in [1.82, 2.24) is 0 Å². The smallest absolute Gasteiger partial charge is 0.261 e. The number of benzene rings is 1. The Hall–Kier alpha value is -1.00. The van der Waals surface area contributed by atoms with Crippen LogP contribution in [0.3, 0.4) is 0 Å². The summed E-state index contributed by atoms with van der Waals surface area (Å²) in [5.74, 6) is 0.741. The lowest BCUT2D eigenvalue weighted by atomic mass is 10.1. The Morgan fingerprint density at radius 1 is 1.32 bits per heavy atom. The second-order valence-corrected chi connectivity index (χ2v) is 7.02. The van der Waals surface area contributed by atoms with Gasteiger partial charge in [0.2, 0.25) is 0 Å². The van der Waals surface area contributed by atoms with Crippen molar-refractivity contribution < 1.29 is 13.2 Å². The van der Waals surface area contributed by atoms with E-state index in [4.69, 9.17) is 15.4 Å². The van der Waals surface area contributed by atoms with E-state index in [9.17, 15) is 8.42 Å². The van der Waals surface area contributed by atoms with Crippen LogP contribution in [0.15, 0.2) is 23.6 Å². The van der Waals surface area contributed by atoms with Crippen molar-refractivity contribution in [3.63, 3.8) is 0 Å². The van der Waals surface area contributed by atoms with Gasteiger partial charge in [-0.25, -0.2) is 8.42 Å². The molecule has 3 nitrogen and oxygen atoms in total. The van der Waals surface area contributed by atoms with Gasteiger partial charge in [-0.3, -0.25) is 0 Å². The van der Waals surface area contributed by atoms with Crippen molar-refractivity contribution in [2.75, 3.05) is 6.61 Å². The Morgan fingerprint density at radius 2 is 1.95 bits per heavy atom. The lowest BCUT2D eigenvalue weighted by molar-refractivity contribution is 0.307. The number of rotatable bonds is 6. The molecule has 19 heavy (non-hydrogen) atoms. The summed E-state index contributed by atoms with van der Waals surface area (Å²) in [7, 11) is 1.71. The molecule has 0 N–H and O–H groups in total. The zero-order valence-corrected chi connectivity index (χ0v) is 13.1. The van der Waals surface area contributed by atoms with Crippen LogP contribution in [-0.2, 0) is 9.05 Å². The van der Waals surface area contributed by atoms with Crippen molar-refractivity contribution in [3.05, 3.63) is 35.4 Å². The van der Waals surface area contributed by atoms with Crippen molar-refractivity contribution >= 4 is 19.7 Å². The first kappa shape index (κ1) is 16.1. The lowest BCUT2D eigenvalue weighted by Crippen LogP contribution is -2.05. The van der Waals surface area contributed by atoms with E-state index in [0.717, 1.165) is 29.7 Å². The Kier molecular flexibility index (Phi) is 5.44. The third-order valence-electron chi connectivity index (χ3n) is 3.04. The number of unbranched alkanes of at least 4 members (excludes halogenated alkanes) is 1. The Balaban J connectivity index is 3.09. The van der Waals surface area contributed by atoms with E-state index >= 15 is 0 Å². The molecule has 0 saturated heterocycles. The molecular formula is C14H19ClO3S. The normalized spacial score (nSPS) is 11.4. The predicted octanol–water partition coefficient (Wildman–Crippen LogP) is 3.88. The van der Waals surface area contributed by atoms with Crippen molar-refractivity contribution in [3.8, 4) is 5.75 Å². The van der Waals surface area contributed by atoms with E-state index in [1.54, 1.807) is 13.0 Å². The van der Waals surface area contributed by atoms with Crippen LogP contribution in [0.2, 0.25) is 0 Å². The molecule has 0 saturated carbocycles. The highest BCUT2D eigenvalue weighted by molar-refractivity contribution is 8.13. The van der Waals surface area contributed by atoms with Gasteiger partial charge in [0.25, 0.3) is 9.05 Å². The molecule has 1 rings (SSSR count). The van der Waals surface area contributed by atoms with Crippen LogP contribution in [-0.4, -0.2) is 15.0 Å². The minimum absolute atomic E-state index is 0.155. The number of hydrogen-bond acceptors (Lipinski definition) is 3. The van der Waals surface area contributed by atoms with Gasteiger partial charge in [-0.05, 0) is 56.4 Å². The molecule has 0 fully saturated rings. The molecular weight excluding hydrogens is 284 g/mol. The fourth-order valence-corrected chi connectivity index (χ4v) is 3.22. The Bertz CT molecular complexity index is 577. The highest BCUT2D eigenvalue weighted by atomic mass is 35.7. The van der Waals surface area contributed by atoms with Crippen LogP contribution in [0.1, 0.15) is 29.5 Å². The second-order valence-electron chi connectivity index (χ2n) is 4.49. The van der Waals surface area contributed by atoms with Gasteiger partial charge in [0.05, 0.1) is 11.5 Å². The van der Waals surface area contributed by atoms with E-state index < -0.39 is 9.05 Å². The molecule has 1 aromatic carbocycles. The Labute approximate surface area is 119 Å². The average molecular weight is 303 g/mol. The van der Waals surface area contributed by atoms with Gasteiger partial charge in [-0.1, -0.05) is 6.08 Å². The molecule has 0 aliphatic rings. The quantitative estimate of drug-likeness (QED) is 0.455. The van der Waals surface area contributed by atoms with Crippen LogP contribution in [0.25, 0.3) is 0 Å². The first-order chi connectivity index (χ1) is 8.79. The summed E-state index contributed by atoms with van der Waals surface area (Å²) in [6, 6.07) is 1.56. The highest BCUT2D eigenvalue weighted by Gasteiger charge is 2.19. The lowest BCUT2D eigenvalue weighted by Gasteiger charge is -2.16. The summed E-state index contributed by atoms with van der Waals surface area (Å²) < 4.78 is 28.7. The zero-order valence-electron chi connectivity index (χ0n) is 11.5. The Morgan fingerprint density at radius 3 is 2.47 bits per heavy atom. The molecule has 0 spiro atoms. The first-order valence-electron chi connectivity index (χ1n) is 6.08. The summed E-state index contributed by atoms with van der Waals surface area (Å²) in [6.45, 7) is 9.64. The number of halogens is 1. The van der Waals surface area contributed by atoms with Gasteiger partial charge >= 0.3 is 0 Å². The monoisotopic (exact) mass is 302 g/mol. The average Bonchev–Trinajstić information content (AvgIpc) is 2.31. The molecule has 0 aromatic heterocycles. The summed E-state index contributed by atoms with van der Waals surface area (Å²) in [6.07, 6.45) is 3.62. The van der Waals surface area contributed by atoms with E-state index in [1.165, 1.54) is 0 Å². The molecule has 0 amide bonds. The van der Waals surface area contributed by atoms with Crippen molar-refractivity contribution in [1.29, 1.82) is 0 Å².